The Bertz CT molecular complexity index is 456. The van der Waals surface area contributed by atoms with E-state index in [1.165, 1.54) is 32.0 Å². The van der Waals surface area contributed by atoms with Crippen LogP contribution in [0.3, 0.4) is 0 Å². The van der Waals surface area contributed by atoms with E-state index in [2.05, 4.69) is 0 Å². The van der Waals surface area contributed by atoms with Crippen molar-refractivity contribution in [3.8, 4) is 0 Å². The molecule has 0 fully saturated rings. The largest absolute Gasteiger partial charge is 0.481 e. The van der Waals surface area contributed by atoms with Gasteiger partial charge in [0.2, 0.25) is 0 Å². The smallest absolute Gasteiger partial charge is 0.313 e. The molecule has 0 amide bonds. The van der Waals surface area contributed by atoms with Crippen molar-refractivity contribution in [2.75, 3.05) is 0 Å². The number of hydrogen-bond donors (Lipinski definition) is 1. The van der Waals surface area contributed by atoms with Crippen molar-refractivity contribution in [3.05, 3.63) is 38.9 Å². The van der Waals surface area contributed by atoms with Crippen LogP contribution in [0, 0.1) is 10.1 Å². The monoisotopic (exact) mass is 243 g/mol. The van der Waals surface area contributed by atoms with Gasteiger partial charge in [-0.05, 0) is 26.0 Å². The maximum absolute atomic E-state index is 11.0. The Labute approximate surface area is 96.8 Å². The molecule has 0 aromatic heterocycles. The van der Waals surface area contributed by atoms with Gasteiger partial charge in [-0.3, -0.25) is 14.9 Å². The first-order valence-electron chi connectivity index (χ1n) is 4.44. The molecule has 1 aromatic carbocycles. The van der Waals surface area contributed by atoms with Gasteiger partial charge in [0.15, 0.2) is 0 Å². The molecule has 1 rings (SSSR count). The van der Waals surface area contributed by atoms with Crippen molar-refractivity contribution in [1.82, 2.24) is 0 Å². The average molecular weight is 244 g/mol. The Balaban J connectivity index is 3.47. The van der Waals surface area contributed by atoms with E-state index in [0.717, 1.165) is 0 Å². The second kappa shape index (κ2) is 4.09. The third-order valence-corrected chi connectivity index (χ3v) is 2.60. The lowest BCUT2D eigenvalue weighted by Crippen LogP contribution is -2.29. The molecule has 0 radical (unpaired) electrons. The highest BCUT2D eigenvalue weighted by molar-refractivity contribution is 6.30. The van der Waals surface area contributed by atoms with E-state index in [0.29, 0.717) is 0 Å². The molecule has 0 atom stereocenters. The first kappa shape index (κ1) is 12.4. The number of halogens is 1. The molecule has 0 unspecified atom stereocenters. The minimum absolute atomic E-state index is 0.0949. The second-order valence-corrected chi connectivity index (χ2v) is 4.29. The summed E-state index contributed by atoms with van der Waals surface area (Å²) in [6.07, 6.45) is 0. The highest BCUT2D eigenvalue weighted by Gasteiger charge is 2.35. The SMILES string of the molecule is CC(C)(C(=O)O)c1cc(Cl)ccc1[N+](=O)[O-]. The molecular formula is C10H10ClNO4. The normalized spacial score (nSPS) is 11.2. The molecular weight excluding hydrogens is 234 g/mol. The first-order valence-corrected chi connectivity index (χ1v) is 4.82. The van der Waals surface area contributed by atoms with E-state index in [1.54, 1.807) is 0 Å². The van der Waals surface area contributed by atoms with Crippen molar-refractivity contribution in [2.45, 2.75) is 19.3 Å². The molecule has 1 N–H and O–H groups in total. The van der Waals surface area contributed by atoms with Gasteiger partial charge in [-0.15, -0.1) is 0 Å². The van der Waals surface area contributed by atoms with Gasteiger partial charge in [0.05, 0.1) is 10.3 Å². The maximum atomic E-state index is 11.0. The Morgan fingerprint density at radius 1 is 1.50 bits per heavy atom. The van der Waals surface area contributed by atoms with Gasteiger partial charge < -0.3 is 5.11 Å². The van der Waals surface area contributed by atoms with Crippen LogP contribution in [0.1, 0.15) is 19.4 Å². The lowest BCUT2D eigenvalue weighted by Gasteiger charge is -2.19. The van der Waals surface area contributed by atoms with Gasteiger partial charge in [0, 0.05) is 16.7 Å². The van der Waals surface area contributed by atoms with Crippen molar-refractivity contribution < 1.29 is 14.8 Å². The molecule has 0 saturated heterocycles. The topological polar surface area (TPSA) is 80.4 Å². The highest BCUT2D eigenvalue weighted by Crippen LogP contribution is 2.33. The number of rotatable bonds is 3. The summed E-state index contributed by atoms with van der Waals surface area (Å²) < 4.78 is 0. The van der Waals surface area contributed by atoms with E-state index < -0.39 is 16.3 Å². The molecule has 86 valence electrons. The number of carboxylic acid groups (broad SMARTS) is 1. The van der Waals surface area contributed by atoms with Crippen LogP contribution in [-0.2, 0) is 10.2 Å². The predicted octanol–water partition coefficient (Wildman–Crippen LogP) is 2.61. The van der Waals surface area contributed by atoms with Crippen molar-refractivity contribution >= 4 is 23.3 Å². The van der Waals surface area contributed by atoms with Crippen molar-refractivity contribution in [3.63, 3.8) is 0 Å². The maximum Gasteiger partial charge on any atom is 0.313 e. The summed E-state index contributed by atoms with van der Waals surface area (Å²) in [4.78, 5) is 21.2. The van der Waals surface area contributed by atoms with Crippen LogP contribution >= 0.6 is 11.6 Å². The second-order valence-electron chi connectivity index (χ2n) is 3.85. The van der Waals surface area contributed by atoms with Crippen LogP contribution in [0.4, 0.5) is 5.69 Å². The van der Waals surface area contributed by atoms with E-state index in [4.69, 9.17) is 16.7 Å². The van der Waals surface area contributed by atoms with Gasteiger partial charge in [0.1, 0.15) is 0 Å². The van der Waals surface area contributed by atoms with Crippen molar-refractivity contribution in [1.29, 1.82) is 0 Å². The molecule has 0 bridgehead atoms. The lowest BCUT2D eigenvalue weighted by atomic mass is 9.84. The fourth-order valence-corrected chi connectivity index (χ4v) is 1.46. The van der Waals surface area contributed by atoms with Crippen LogP contribution < -0.4 is 0 Å². The summed E-state index contributed by atoms with van der Waals surface area (Å²) in [6, 6.07) is 3.89. The Morgan fingerprint density at radius 3 is 2.50 bits per heavy atom. The molecule has 0 aliphatic carbocycles. The molecule has 0 spiro atoms. The van der Waals surface area contributed by atoms with E-state index >= 15 is 0 Å². The average Bonchev–Trinajstić information content (AvgIpc) is 2.16. The summed E-state index contributed by atoms with van der Waals surface area (Å²) in [7, 11) is 0. The van der Waals surface area contributed by atoms with Gasteiger partial charge in [-0.25, -0.2) is 0 Å². The summed E-state index contributed by atoms with van der Waals surface area (Å²) in [5, 5.41) is 20.1. The molecule has 0 saturated carbocycles. The van der Waals surface area contributed by atoms with Crippen LogP contribution in [0.2, 0.25) is 5.02 Å². The number of hydrogen-bond acceptors (Lipinski definition) is 3. The standard InChI is InChI=1S/C10H10ClNO4/c1-10(2,9(13)14)7-5-6(11)3-4-8(7)12(15)16/h3-5H,1-2H3,(H,13,14). The summed E-state index contributed by atoms with van der Waals surface area (Å²) in [5.74, 6) is -1.14. The van der Waals surface area contributed by atoms with Crippen molar-refractivity contribution in [2.24, 2.45) is 0 Å². The zero-order valence-corrected chi connectivity index (χ0v) is 9.49. The fourth-order valence-electron chi connectivity index (χ4n) is 1.28. The minimum Gasteiger partial charge on any atom is -0.481 e. The Hall–Kier alpha value is -1.62. The predicted molar refractivity (Wildman–Crippen MR) is 58.8 cm³/mol. The molecule has 6 heteroatoms. The van der Waals surface area contributed by atoms with Gasteiger partial charge in [-0.2, -0.15) is 0 Å². The lowest BCUT2D eigenvalue weighted by molar-refractivity contribution is -0.386. The van der Waals surface area contributed by atoms with Gasteiger partial charge in [0.25, 0.3) is 5.69 Å². The molecule has 0 heterocycles. The third-order valence-electron chi connectivity index (χ3n) is 2.36. The Kier molecular flexibility index (Phi) is 3.19. The van der Waals surface area contributed by atoms with E-state index in [1.807, 2.05) is 0 Å². The van der Waals surface area contributed by atoms with E-state index in [-0.39, 0.29) is 16.3 Å². The summed E-state index contributed by atoms with van der Waals surface area (Å²) >= 11 is 5.72. The quantitative estimate of drug-likeness (QED) is 0.654. The van der Waals surface area contributed by atoms with Gasteiger partial charge in [-0.1, -0.05) is 11.6 Å². The van der Waals surface area contributed by atoms with Crippen LogP contribution in [0.25, 0.3) is 0 Å². The number of benzene rings is 1. The molecule has 1 aromatic rings. The van der Waals surface area contributed by atoms with Crippen LogP contribution in [0.5, 0.6) is 0 Å². The minimum atomic E-state index is -1.35. The Morgan fingerprint density at radius 2 is 2.06 bits per heavy atom. The zero-order valence-electron chi connectivity index (χ0n) is 8.73. The summed E-state index contributed by atoms with van der Waals surface area (Å²) in [5.41, 5.74) is -1.50. The highest BCUT2D eigenvalue weighted by atomic mass is 35.5. The molecule has 0 aliphatic heterocycles. The third kappa shape index (κ3) is 2.14. The van der Waals surface area contributed by atoms with Crippen LogP contribution in [0.15, 0.2) is 18.2 Å². The number of nitro benzene ring substituents is 1. The fraction of sp³-hybridized carbons (Fsp3) is 0.300. The number of carbonyl (C=O) groups is 1. The van der Waals surface area contributed by atoms with E-state index in [9.17, 15) is 14.9 Å². The number of nitro groups is 1. The number of nitrogens with zero attached hydrogens (tertiary/aromatic N) is 1. The molecule has 16 heavy (non-hydrogen) atoms. The zero-order chi connectivity index (χ0) is 12.5. The summed E-state index contributed by atoms with van der Waals surface area (Å²) in [6.45, 7) is 2.79. The first-order chi connectivity index (χ1) is 7.26. The van der Waals surface area contributed by atoms with Crippen LogP contribution in [-0.4, -0.2) is 16.0 Å². The van der Waals surface area contributed by atoms with Gasteiger partial charge >= 0.3 is 5.97 Å². The number of aliphatic carboxylic acids is 1. The number of carboxylic acids is 1. The molecule has 5 nitrogen and oxygen atoms in total. The molecule has 0 aliphatic rings.